The molecule has 2 aromatic rings. The number of piperazine rings is 1. The van der Waals surface area contributed by atoms with E-state index in [1.54, 1.807) is 6.07 Å². The molecule has 1 fully saturated rings. The molecule has 0 bridgehead atoms. The first-order valence-corrected chi connectivity index (χ1v) is 12.9. The van der Waals surface area contributed by atoms with E-state index in [0.717, 1.165) is 6.54 Å². The van der Waals surface area contributed by atoms with Gasteiger partial charge in [0.2, 0.25) is 0 Å². The summed E-state index contributed by atoms with van der Waals surface area (Å²) in [7, 11) is 3.90. The summed E-state index contributed by atoms with van der Waals surface area (Å²) in [5, 5.41) is 12.2. The fourth-order valence-electron chi connectivity index (χ4n) is 4.31. The number of aliphatic imine (C=N–C) groups is 2. The molecule has 3 rings (SSSR count). The van der Waals surface area contributed by atoms with Gasteiger partial charge in [0.15, 0.2) is 5.69 Å². The smallest absolute Gasteiger partial charge is 0.276 e. The van der Waals surface area contributed by atoms with Crippen molar-refractivity contribution in [1.82, 2.24) is 20.4 Å². The highest BCUT2D eigenvalue weighted by atomic mass is 19.1. The maximum absolute atomic E-state index is 15.6. The number of aromatic amines is 1. The second-order valence-electron chi connectivity index (χ2n) is 9.50. The molecule has 10 nitrogen and oxygen atoms in total. The van der Waals surface area contributed by atoms with Gasteiger partial charge in [0.05, 0.1) is 36.8 Å². The maximum Gasteiger partial charge on any atom is 0.276 e. The number of nitrogens with one attached hydrogen (secondary N) is 3. The third-order valence-corrected chi connectivity index (χ3v) is 6.67. The Morgan fingerprint density at radius 2 is 2.03 bits per heavy atom. The predicted molar refractivity (Wildman–Crippen MR) is 152 cm³/mol. The van der Waals surface area contributed by atoms with E-state index in [1.165, 1.54) is 24.5 Å². The summed E-state index contributed by atoms with van der Waals surface area (Å²) >= 11 is 0. The maximum atomic E-state index is 15.6. The van der Waals surface area contributed by atoms with Crippen molar-refractivity contribution in [2.45, 2.75) is 32.6 Å². The number of hydrogen-bond donors (Lipinski definition) is 3. The number of nitrogens with zero attached hydrogens (tertiary/aromatic N) is 5. The molecule has 0 radical (unpaired) electrons. The van der Waals surface area contributed by atoms with Gasteiger partial charge < -0.3 is 20.3 Å². The van der Waals surface area contributed by atoms with E-state index < -0.39 is 18.4 Å². The van der Waals surface area contributed by atoms with Gasteiger partial charge in [-0.2, -0.15) is 5.10 Å². The number of alkyl halides is 1. The Morgan fingerprint density at radius 1 is 1.28 bits per heavy atom. The number of halogens is 2. The summed E-state index contributed by atoms with van der Waals surface area (Å²) in [6.07, 6.45) is 2.93. The average molecular weight is 545 g/mol. The van der Waals surface area contributed by atoms with Gasteiger partial charge in [-0.25, -0.2) is 8.78 Å². The van der Waals surface area contributed by atoms with Crippen molar-refractivity contribution in [2.75, 3.05) is 63.7 Å². The third-order valence-electron chi connectivity index (χ3n) is 6.67. The van der Waals surface area contributed by atoms with E-state index in [2.05, 4.69) is 68.2 Å². The van der Waals surface area contributed by atoms with Crippen molar-refractivity contribution < 1.29 is 18.3 Å². The number of aromatic nitrogens is 2. The summed E-state index contributed by atoms with van der Waals surface area (Å²) in [5.41, 5.74) is 1.74. The van der Waals surface area contributed by atoms with Gasteiger partial charge in [-0.15, -0.1) is 0 Å². The molecule has 212 valence electrons. The highest BCUT2D eigenvalue weighted by Gasteiger charge is 2.29. The lowest BCUT2D eigenvalue weighted by molar-refractivity contribution is 0.102. The Balaban J connectivity index is 1.94. The van der Waals surface area contributed by atoms with E-state index >= 15 is 4.39 Å². The van der Waals surface area contributed by atoms with Crippen LogP contribution in [0.25, 0.3) is 5.57 Å². The summed E-state index contributed by atoms with van der Waals surface area (Å²) in [6.45, 7) is 10.3. The SMILES string of the molecule is C=N/C=C(\C=NCCOCCNC)c1cc(NC(=O)c2cc(CF)[nH]n2)c(N2CC(C)N(C)C(C)C2)cc1F. The molecule has 1 aromatic carbocycles. The molecule has 1 saturated heterocycles. The molecular weight excluding hydrogens is 506 g/mol. The van der Waals surface area contributed by atoms with Crippen LogP contribution in [-0.2, 0) is 11.4 Å². The van der Waals surface area contributed by atoms with Crippen LogP contribution in [0.2, 0.25) is 0 Å². The number of likely N-dealkylation sites (N-methyl/N-ethyl adjacent to an activating group) is 2. The number of hydrogen-bond acceptors (Lipinski definition) is 8. The van der Waals surface area contributed by atoms with Crippen molar-refractivity contribution in [3.05, 3.63) is 47.2 Å². The number of allylic oxidation sites excluding steroid dienone is 1. The molecule has 0 aliphatic carbocycles. The molecule has 2 atom stereocenters. The number of amides is 1. The number of ether oxygens (including phenoxy) is 1. The summed E-state index contributed by atoms with van der Waals surface area (Å²) < 4.78 is 34.1. The minimum absolute atomic E-state index is 0.0305. The highest BCUT2D eigenvalue weighted by Crippen LogP contribution is 2.34. The first-order valence-electron chi connectivity index (χ1n) is 12.9. The average Bonchev–Trinajstić information content (AvgIpc) is 3.41. The molecule has 3 N–H and O–H groups in total. The lowest BCUT2D eigenvalue weighted by Gasteiger charge is -2.44. The van der Waals surface area contributed by atoms with Gasteiger partial charge in [0.1, 0.15) is 12.5 Å². The fourth-order valence-corrected chi connectivity index (χ4v) is 4.31. The highest BCUT2D eigenvalue weighted by molar-refractivity contribution is 6.11. The Kier molecular flexibility index (Phi) is 11.3. The van der Waals surface area contributed by atoms with E-state index in [0.29, 0.717) is 49.8 Å². The zero-order valence-electron chi connectivity index (χ0n) is 23.0. The van der Waals surface area contributed by atoms with Crippen LogP contribution in [0.4, 0.5) is 20.2 Å². The Hall–Kier alpha value is -3.48. The van der Waals surface area contributed by atoms with Crippen LogP contribution in [0.15, 0.2) is 34.4 Å². The van der Waals surface area contributed by atoms with Gasteiger partial charge >= 0.3 is 0 Å². The molecule has 39 heavy (non-hydrogen) atoms. The minimum Gasteiger partial charge on any atom is -0.378 e. The monoisotopic (exact) mass is 544 g/mol. The van der Waals surface area contributed by atoms with Crippen LogP contribution >= 0.6 is 0 Å². The van der Waals surface area contributed by atoms with Crippen LogP contribution in [0.3, 0.4) is 0 Å². The molecule has 2 unspecified atom stereocenters. The molecule has 1 aliphatic rings. The molecule has 1 amide bonds. The van der Waals surface area contributed by atoms with E-state index in [-0.39, 0.29) is 29.0 Å². The Bertz CT molecular complexity index is 1170. The zero-order valence-corrected chi connectivity index (χ0v) is 23.0. The summed E-state index contributed by atoms with van der Waals surface area (Å²) in [5.74, 6) is -1.03. The first kappa shape index (κ1) is 30.1. The predicted octanol–water partition coefficient (Wildman–Crippen LogP) is 3.15. The van der Waals surface area contributed by atoms with Crippen molar-refractivity contribution in [1.29, 1.82) is 0 Å². The third kappa shape index (κ3) is 8.01. The van der Waals surface area contributed by atoms with Crippen LogP contribution in [0.5, 0.6) is 0 Å². The molecule has 1 aliphatic heterocycles. The van der Waals surface area contributed by atoms with Gasteiger partial charge in [-0.05, 0) is 52.9 Å². The lowest BCUT2D eigenvalue weighted by Crippen LogP contribution is -2.55. The molecule has 0 saturated carbocycles. The van der Waals surface area contributed by atoms with E-state index in [9.17, 15) is 9.18 Å². The van der Waals surface area contributed by atoms with E-state index in [1.807, 2.05) is 7.05 Å². The van der Waals surface area contributed by atoms with Crippen LogP contribution in [-0.4, -0.2) is 99.5 Å². The number of carbonyl (C=O) groups excluding carboxylic acids is 1. The number of H-pyrrole nitrogens is 1. The Morgan fingerprint density at radius 3 is 2.67 bits per heavy atom. The number of rotatable bonds is 13. The minimum atomic E-state index is -0.772. The summed E-state index contributed by atoms with van der Waals surface area (Å²) in [4.78, 5) is 25.5. The lowest BCUT2D eigenvalue weighted by atomic mass is 10.0. The number of anilines is 2. The van der Waals surface area contributed by atoms with Crippen molar-refractivity contribution in [3.8, 4) is 0 Å². The van der Waals surface area contributed by atoms with Gasteiger partial charge in [0, 0.05) is 55.3 Å². The van der Waals surface area contributed by atoms with Gasteiger partial charge in [-0.3, -0.25) is 24.8 Å². The fraction of sp³-hybridized carbons (Fsp3) is 0.481. The van der Waals surface area contributed by atoms with Crippen molar-refractivity contribution >= 4 is 35.8 Å². The molecule has 2 heterocycles. The first-order chi connectivity index (χ1) is 18.8. The quantitative estimate of drug-likeness (QED) is 0.264. The Labute approximate surface area is 228 Å². The van der Waals surface area contributed by atoms with E-state index in [4.69, 9.17) is 4.74 Å². The van der Waals surface area contributed by atoms with Crippen molar-refractivity contribution in [3.63, 3.8) is 0 Å². The molecule has 12 heteroatoms. The van der Waals surface area contributed by atoms with Gasteiger partial charge in [-0.1, -0.05) is 0 Å². The standard InChI is InChI=1S/C27H38F2N8O2/c1-18-16-37(17-19(2)36(18)5)26-12-23(29)22(20(14-31-4)15-32-7-9-39-8-6-30-3)11-24(26)33-27(38)25-10-21(13-28)34-35-25/h10-12,14-15,18-19,30H,4,6-9,13,16-17H2,1-3,5H3,(H,33,38)(H,34,35)/b20-14+,32-15?. The largest absolute Gasteiger partial charge is 0.378 e. The zero-order chi connectivity index (χ0) is 28.4. The molecule has 0 spiro atoms. The topological polar surface area (TPSA) is 110 Å². The normalized spacial score (nSPS) is 18.6. The van der Waals surface area contributed by atoms with Crippen LogP contribution in [0.1, 0.15) is 35.6 Å². The van der Waals surface area contributed by atoms with Gasteiger partial charge in [0.25, 0.3) is 5.91 Å². The second-order valence-corrected chi connectivity index (χ2v) is 9.50. The number of carbonyl (C=O) groups is 1. The number of benzene rings is 1. The second kappa shape index (κ2) is 14.6. The molecular formula is C27H38F2N8O2. The van der Waals surface area contributed by atoms with Crippen LogP contribution in [0, 0.1) is 5.82 Å². The summed E-state index contributed by atoms with van der Waals surface area (Å²) in [6, 6.07) is 4.74. The molecule has 1 aromatic heterocycles. The van der Waals surface area contributed by atoms with Crippen molar-refractivity contribution in [2.24, 2.45) is 9.98 Å². The van der Waals surface area contributed by atoms with Crippen LogP contribution < -0.4 is 15.5 Å².